The third-order valence-corrected chi connectivity index (χ3v) is 6.85. The van der Waals surface area contributed by atoms with Crippen LogP contribution >= 0.6 is 11.3 Å². The van der Waals surface area contributed by atoms with E-state index in [-0.39, 0.29) is 0 Å². The van der Waals surface area contributed by atoms with Crippen LogP contribution < -0.4 is 0 Å². The molecule has 2 saturated heterocycles. The molecular weight excluding hydrogens is 338 g/mol. The molecule has 140 valence electrons. The van der Waals surface area contributed by atoms with Crippen molar-refractivity contribution in [2.75, 3.05) is 19.6 Å². The fraction of sp³-hybridized carbons (Fsp3) is 0.591. The van der Waals surface area contributed by atoms with Crippen molar-refractivity contribution in [3.05, 3.63) is 52.0 Å². The number of rotatable bonds is 7. The van der Waals surface area contributed by atoms with Gasteiger partial charge in [0.2, 0.25) is 0 Å². The standard InChI is InChI=1S/C22H31N3S/c1-3-11-23-20(7-1)9-10-21-8-2-4-14-25(21)17-22-15-19(18-26-22)16-24-12-5-6-13-24/h1,3,7,11,15,18,21H,2,4-6,8-10,12-14,16-17H2. The Kier molecular flexibility index (Phi) is 6.36. The highest BCUT2D eigenvalue weighted by atomic mass is 32.1. The van der Waals surface area contributed by atoms with Crippen molar-refractivity contribution >= 4 is 11.3 Å². The number of aromatic nitrogens is 1. The average Bonchev–Trinajstić information content (AvgIpc) is 3.34. The number of hydrogen-bond acceptors (Lipinski definition) is 4. The highest BCUT2D eigenvalue weighted by Gasteiger charge is 2.23. The lowest BCUT2D eigenvalue weighted by atomic mass is 9.97. The summed E-state index contributed by atoms with van der Waals surface area (Å²) in [4.78, 5) is 11.4. The minimum Gasteiger partial charge on any atom is -0.299 e. The largest absolute Gasteiger partial charge is 0.299 e. The van der Waals surface area contributed by atoms with Crippen LogP contribution in [0.5, 0.6) is 0 Å². The molecule has 2 fully saturated rings. The summed E-state index contributed by atoms with van der Waals surface area (Å²) < 4.78 is 0. The molecule has 0 amide bonds. The molecule has 1 unspecified atom stereocenters. The molecule has 0 bridgehead atoms. The molecule has 4 heterocycles. The Labute approximate surface area is 162 Å². The summed E-state index contributed by atoms with van der Waals surface area (Å²) in [6.07, 6.45) is 11.1. The van der Waals surface area contributed by atoms with E-state index in [4.69, 9.17) is 0 Å². The molecule has 0 aromatic carbocycles. The van der Waals surface area contributed by atoms with Crippen molar-refractivity contribution in [3.8, 4) is 0 Å². The maximum absolute atomic E-state index is 4.50. The van der Waals surface area contributed by atoms with Crippen LogP contribution in [0.25, 0.3) is 0 Å². The van der Waals surface area contributed by atoms with Crippen LogP contribution in [0, 0.1) is 0 Å². The van der Waals surface area contributed by atoms with Gasteiger partial charge in [-0.3, -0.25) is 14.8 Å². The Morgan fingerprint density at radius 3 is 2.77 bits per heavy atom. The highest BCUT2D eigenvalue weighted by molar-refractivity contribution is 7.10. The van der Waals surface area contributed by atoms with Crippen molar-refractivity contribution in [1.82, 2.24) is 14.8 Å². The number of nitrogens with zero attached hydrogens (tertiary/aromatic N) is 3. The molecule has 4 rings (SSSR count). The zero-order valence-corrected chi connectivity index (χ0v) is 16.6. The monoisotopic (exact) mass is 369 g/mol. The van der Waals surface area contributed by atoms with Crippen LogP contribution in [0.1, 0.15) is 54.7 Å². The fourth-order valence-electron chi connectivity index (χ4n) is 4.45. The highest BCUT2D eigenvalue weighted by Crippen LogP contribution is 2.26. The van der Waals surface area contributed by atoms with Gasteiger partial charge >= 0.3 is 0 Å². The third kappa shape index (κ3) is 4.93. The summed E-state index contributed by atoms with van der Waals surface area (Å²) in [7, 11) is 0. The van der Waals surface area contributed by atoms with Crippen LogP contribution in [0.2, 0.25) is 0 Å². The van der Waals surface area contributed by atoms with Crippen molar-refractivity contribution in [3.63, 3.8) is 0 Å². The van der Waals surface area contributed by atoms with E-state index in [1.54, 1.807) is 4.88 Å². The molecule has 1 atom stereocenters. The van der Waals surface area contributed by atoms with Gasteiger partial charge in [-0.1, -0.05) is 12.5 Å². The lowest BCUT2D eigenvalue weighted by Crippen LogP contribution is -2.39. The summed E-state index contributed by atoms with van der Waals surface area (Å²) in [6, 6.07) is 9.46. The van der Waals surface area contributed by atoms with E-state index >= 15 is 0 Å². The van der Waals surface area contributed by atoms with Gasteiger partial charge in [0, 0.05) is 35.9 Å². The minimum absolute atomic E-state index is 0.717. The van der Waals surface area contributed by atoms with Crippen molar-refractivity contribution in [1.29, 1.82) is 0 Å². The van der Waals surface area contributed by atoms with Crippen molar-refractivity contribution in [2.45, 2.75) is 64.1 Å². The van der Waals surface area contributed by atoms with E-state index < -0.39 is 0 Å². The van der Waals surface area contributed by atoms with Gasteiger partial charge in [-0.05, 0) is 87.3 Å². The fourth-order valence-corrected chi connectivity index (χ4v) is 5.35. The number of likely N-dealkylation sites (tertiary alicyclic amines) is 2. The van der Waals surface area contributed by atoms with Crippen LogP contribution in [-0.2, 0) is 19.5 Å². The summed E-state index contributed by atoms with van der Waals surface area (Å²) in [5.74, 6) is 0. The molecule has 0 N–H and O–H groups in total. The average molecular weight is 370 g/mol. The second kappa shape index (κ2) is 9.12. The number of pyridine rings is 1. The van der Waals surface area contributed by atoms with E-state index in [0.29, 0.717) is 0 Å². The molecule has 2 aromatic heterocycles. The van der Waals surface area contributed by atoms with E-state index in [0.717, 1.165) is 25.6 Å². The van der Waals surface area contributed by atoms with Gasteiger partial charge in [-0.2, -0.15) is 0 Å². The van der Waals surface area contributed by atoms with Gasteiger partial charge in [-0.15, -0.1) is 11.3 Å². The van der Waals surface area contributed by atoms with Crippen LogP contribution in [-0.4, -0.2) is 40.5 Å². The third-order valence-electron chi connectivity index (χ3n) is 5.88. The van der Waals surface area contributed by atoms with Gasteiger partial charge in [0.25, 0.3) is 0 Å². The number of aryl methyl sites for hydroxylation is 1. The molecule has 0 aliphatic carbocycles. The predicted molar refractivity (Wildman–Crippen MR) is 109 cm³/mol. The molecular formula is C22H31N3S. The van der Waals surface area contributed by atoms with E-state index in [9.17, 15) is 0 Å². The number of thiophene rings is 1. The first-order valence-electron chi connectivity index (χ1n) is 10.3. The summed E-state index contributed by atoms with van der Waals surface area (Å²) in [5, 5.41) is 2.39. The quantitative estimate of drug-likeness (QED) is 0.703. The molecule has 2 aliphatic heterocycles. The number of piperidine rings is 1. The molecule has 3 nitrogen and oxygen atoms in total. The minimum atomic E-state index is 0.717. The van der Waals surface area contributed by atoms with Crippen molar-refractivity contribution < 1.29 is 0 Å². The second-order valence-corrected chi connectivity index (χ2v) is 8.88. The van der Waals surface area contributed by atoms with Crippen LogP contribution in [0.4, 0.5) is 0 Å². The van der Waals surface area contributed by atoms with Crippen LogP contribution in [0.15, 0.2) is 35.8 Å². The zero-order chi connectivity index (χ0) is 17.6. The Balaban J connectivity index is 1.32. The summed E-state index contributed by atoms with van der Waals surface area (Å²) >= 11 is 1.96. The molecule has 26 heavy (non-hydrogen) atoms. The molecule has 0 spiro atoms. The second-order valence-electron chi connectivity index (χ2n) is 7.88. The zero-order valence-electron chi connectivity index (χ0n) is 15.8. The first-order chi connectivity index (χ1) is 12.9. The van der Waals surface area contributed by atoms with Gasteiger partial charge < -0.3 is 0 Å². The maximum atomic E-state index is 4.50. The first-order valence-corrected chi connectivity index (χ1v) is 11.2. The van der Waals surface area contributed by atoms with Gasteiger partial charge in [0.05, 0.1) is 0 Å². The van der Waals surface area contributed by atoms with Gasteiger partial charge in [-0.25, -0.2) is 0 Å². The first kappa shape index (κ1) is 18.1. The van der Waals surface area contributed by atoms with E-state index in [1.807, 2.05) is 23.6 Å². The SMILES string of the molecule is c1ccc(CCC2CCCCN2Cc2cc(CN3CCCC3)cs2)nc1. The van der Waals surface area contributed by atoms with Crippen molar-refractivity contribution in [2.24, 2.45) is 0 Å². The predicted octanol–water partition coefficient (Wildman–Crippen LogP) is 4.73. The smallest absolute Gasteiger partial charge is 0.0404 e. The normalized spacial score (nSPS) is 22.1. The molecule has 2 aliphatic rings. The molecule has 0 radical (unpaired) electrons. The lowest BCUT2D eigenvalue weighted by Gasteiger charge is -2.35. The van der Waals surface area contributed by atoms with Gasteiger partial charge in [0.15, 0.2) is 0 Å². The number of hydrogen-bond donors (Lipinski definition) is 0. The Hall–Kier alpha value is -1.23. The maximum Gasteiger partial charge on any atom is 0.0404 e. The Bertz CT molecular complexity index is 663. The van der Waals surface area contributed by atoms with Crippen LogP contribution in [0.3, 0.4) is 0 Å². The van der Waals surface area contributed by atoms with E-state index in [2.05, 4.69) is 38.4 Å². The Morgan fingerprint density at radius 2 is 1.92 bits per heavy atom. The lowest BCUT2D eigenvalue weighted by molar-refractivity contribution is 0.133. The van der Waals surface area contributed by atoms with E-state index in [1.165, 1.54) is 69.4 Å². The Morgan fingerprint density at radius 1 is 1.04 bits per heavy atom. The van der Waals surface area contributed by atoms with Gasteiger partial charge in [0.1, 0.15) is 0 Å². The molecule has 0 saturated carbocycles. The topological polar surface area (TPSA) is 19.4 Å². The molecule has 2 aromatic rings. The summed E-state index contributed by atoms with van der Waals surface area (Å²) in [6.45, 7) is 6.11. The molecule has 4 heteroatoms. The summed E-state index contributed by atoms with van der Waals surface area (Å²) in [5.41, 5.74) is 2.76.